The highest BCUT2D eigenvalue weighted by Gasteiger charge is 2.17. The summed E-state index contributed by atoms with van der Waals surface area (Å²) in [6, 6.07) is 23.3. The average Bonchev–Trinajstić information content (AvgIpc) is 3.31. The first kappa shape index (κ1) is 22.9. The highest BCUT2D eigenvalue weighted by molar-refractivity contribution is 7.04. The van der Waals surface area contributed by atoms with E-state index >= 15 is 0 Å². The summed E-state index contributed by atoms with van der Waals surface area (Å²) in [5, 5.41) is 7.29. The highest BCUT2D eigenvalue weighted by atomic mass is 32.1. The summed E-state index contributed by atoms with van der Waals surface area (Å²) in [5.74, 6) is 0.424. The number of hydrogen-bond donors (Lipinski definition) is 1. The first-order valence-electron chi connectivity index (χ1n) is 10.4. The van der Waals surface area contributed by atoms with Crippen molar-refractivity contribution in [3.8, 4) is 17.2 Å². The Kier molecular flexibility index (Phi) is 7.14. The number of aromatic nitrogens is 2. The molecule has 0 saturated carbocycles. The Balaban J connectivity index is 1.68. The molecule has 0 bridgehead atoms. The van der Waals surface area contributed by atoms with Gasteiger partial charge in [-0.3, -0.25) is 9.59 Å². The Morgan fingerprint density at radius 1 is 0.912 bits per heavy atom. The van der Waals surface area contributed by atoms with E-state index in [-0.39, 0.29) is 10.4 Å². The predicted molar refractivity (Wildman–Crippen MR) is 128 cm³/mol. The predicted octanol–water partition coefficient (Wildman–Crippen LogP) is 3.62. The largest absolute Gasteiger partial charge is 0.497 e. The van der Waals surface area contributed by atoms with E-state index in [4.69, 9.17) is 9.47 Å². The molecule has 1 aromatic heterocycles. The topological polar surface area (TPSA) is 94.8 Å². The second-order valence-corrected chi connectivity index (χ2v) is 8.04. The summed E-state index contributed by atoms with van der Waals surface area (Å²) >= 11 is 1.10. The lowest BCUT2D eigenvalue weighted by Crippen LogP contribution is -2.28. The van der Waals surface area contributed by atoms with Gasteiger partial charge >= 0.3 is 0 Å². The van der Waals surface area contributed by atoms with E-state index in [9.17, 15) is 9.59 Å². The van der Waals surface area contributed by atoms with Crippen LogP contribution in [0, 0.1) is 0 Å². The molecule has 3 aromatic carbocycles. The molecule has 0 aliphatic carbocycles. The van der Waals surface area contributed by atoms with Crippen molar-refractivity contribution in [2.45, 2.75) is 6.54 Å². The molecule has 8 nitrogen and oxygen atoms in total. The number of nitrogens with zero attached hydrogens (tertiary/aromatic N) is 3. The third-order valence-electron chi connectivity index (χ3n) is 4.91. The smallest absolute Gasteiger partial charge is 0.278 e. The molecule has 4 rings (SSSR count). The van der Waals surface area contributed by atoms with Gasteiger partial charge in [-0.15, -0.1) is 5.10 Å². The zero-order valence-corrected chi connectivity index (χ0v) is 19.4. The Bertz CT molecular complexity index is 1340. The zero-order valence-electron chi connectivity index (χ0n) is 18.6. The van der Waals surface area contributed by atoms with Crippen molar-refractivity contribution in [2.75, 3.05) is 14.2 Å². The molecule has 2 amide bonds. The van der Waals surface area contributed by atoms with Gasteiger partial charge in [-0.2, -0.15) is 9.06 Å². The number of benzene rings is 3. The molecule has 0 spiro atoms. The normalized spacial score (nSPS) is 11.2. The van der Waals surface area contributed by atoms with Crippen molar-refractivity contribution in [1.82, 2.24) is 14.5 Å². The number of carbonyl (C=O) groups is 2. The number of ether oxygens (including phenoxy) is 2. The summed E-state index contributed by atoms with van der Waals surface area (Å²) < 4.78 is 12.1. The lowest BCUT2D eigenvalue weighted by atomic mass is 10.2. The number of carbonyl (C=O) groups excluding carboxylic acids is 2. The molecule has 0 radical (unpaired) electrons. The fraction of sp³-hybridized carbons (Fsp3) is 0.120. The number of amides is 2. The summed E-state index contributed by atoms with van der Waals surface area (Å²) in [6.07, 6.45) is 0. The minimum absolute atomic E-state index is 0.0682. The van der Waals surface area contributed by atoms with E-state index in [0.29, 0.717) is 29.3 Å². The van der Waals surface area contributed by atoms with Crippen LogP contribution in [0.1, 0.15) is 26.4 Å². The Labute approximate surface area is 200 Å². The van der Waals surface area contributed by atoms with Crippen molar-refractivity contribution in [3.63, 3.8) is 0 Å². The molecule has 1 heterocycles. The molecular formula is C25H22N4O4S. The van der Waals surface area contributed by atoms with Crippen LogP contribution in [0.15, 0.2) is 83.9 Å². The fourth-order valence-corrected chi connectivity index (χ4v) is 3.92. The van der Waals surface area contributed by atoms with E-state index in [2.05, 4.69) is 15.4 Å². The second kappa shape index (κ2) is 10.6. The van der Waals surface area contributed by atoms with Crippen molar-refractivity contribution in [1.29, 1.82) is 0 Å². The van der Waals surface area contributed by atoms with Crippen molar-refractivity contribution >= 4 is 23.3 Å². The number of hydrogen-bond acceptors (Lipinski definition) is 6. The number of rotatable bonds is 7. The molecular weight excluding hydrogens is 452 g/mol. The van der Waals surface area contributed by atoms with Gasteiger partial charge in [0.15, 0.2) is 10.4 Å². The van der Waals surface area contributed by atoms with Gasteiger partial charge in [-0.25, -0.2) is 0 Å². The quantitative estimate of drug-likeness (QED) is 0.442. The lowest BCUT2D eigenvalue weighted by molar-refractivity contribution is 0.0944. The van der Waals surface area contributed by atoms with Gasteiger partial charge in [0.05, 0.1) is 19.9 Å². The molecule has 34 heavy (non-hydrogen) atoms. The Hall–Kier alpha value is -4.24. The molecule has 0 aliphatic rings. The number of nitrogens with one attached hydrogen (secondary N) is 1. The van der Waals surface area contributed by atoms with Crippen LogP contribution in [0.25, 0.3) is 5.69 Å². The van der Waals surface area contributed by atoms with Crippen molar-refractivity contribution in [3.05, 3.63) is 100 Å². The minimum atomic E-state index is -0.481. The lowest BCUT2D eigenvalue weighted by Gasteiger charge is -2.03. The van der Waals surface area contributed by atoms with Crippen molar-refractivity contribution in [2.24, 2.45) is 4.99 Å². The molecule has 1 N–H and O–H groups in total. The van der Waals surface area contributed by atoms with Gasteiger partial charge in [0.2, 0.25) is 0 Å². The van der Waals surface area contributed by atoms with Crippen LogP contribution in [0.4, 0.5) is 0 Å². The van der Waals surface area contributed by atoms with E-state index in [1.807, 2.05) is 42.5 Å². The van der Waals surface area contributed by atoms with Crippen LogP contribution in [-0.4, -0.2) is 35.2 Å². The Morgan fingerprint density at radius 3 is 2.15 bits per heavy atom. The molecule has 0 unspecified atom stereocenters. The molecule has 0 aliphatic heterocycles. The van der Waals surface area contributed by atoms with Crippen molar-refractivity contribution < 1.29 is 19.1 Å². The second-order valence-electron chi connectivity index (χ2n) is 7.13. The summed E-state index contributed by atoms with van der Waals surface area (Å²) in [5.41, 5.74) is 2.10. The van der Waals surface area contributed by atoms with Gasteiger partial charge in [0, 0.05) is 12.1 Å². The van der Waals surface area contributed by atoms with Gasteiger partial charge in [-0.05, 0) is 65.6 Å². The van der Waals surface area contributed by atoms with Gasteiger partial charge < -0.3 is 14.8 Å². The van der Waals surface area contributed by atoms with E-state index < -0.39 is 11.8 Å². The molecule has 9 heteroatoms. The maximum absolute atomic E-state index is 13.0. The molecule has 0 saturated heterocycles. The van der Waals surface area contributed by atoms with Gasteiger partial charge in [0.1, 0.15) is 11.5 Å². The summed E-state index contributed by atoms with van der Waals surface area (Å²) in [4.78, 5) is 30.0. The Morgan fingerprint density at radius 2 is 1.53 bits per heavy atom. The highest BCUT2D eigenvalue weighted by Crippen LogP contribution is 2.16. The van der Waals surface area contributed by atoms with Crippen LogP contribution < -0.4 is 19.5 Å². The standard InChI is InChI=1S/C25H22N4O4S/c1-32-20-12-8-18(9-13-20)23(30)27-25-22(24(31)26-16-17-6-4-3-5-7-17)28-29(34-25)19-10-14-21(33-2)15-11-19/h3-15H,16H2,1-2H3,(H,26,31). The number of methoxy groups -OCH3 is 2. The van der Waals surface area contributed by atoms with E-state index in [1.165, 1.54) is 0 Å². The van der Waals surface area contributed by atoms with Crippen LogP contribution in [-0.2, 0) is 6.54 Å². The summed E-state index contributed by atoms with van der Waals surface area (Å²) in [7, 11) is 3.14. The average molecular weight is 475 g/mol. The molecule has 172 valence electrons. The summed E-state index contributed by atoms with van der Waals surface area (Å²) in [6.45, 7) is 0.325. The van der Waals surface area contributed by atoms with Gasteiger partial charge in [-0.1, -0.05) is 30.3 Å². The maximum atomic E-state index is 13.0. The van der Waals surface area contributed by atoms with Crippen LogP contribution in [0.3, 0.4) is 0 Å². The van der Waals surface area contributed by atoms with Crippen LogP contribution >= 0.6 is 11.5 Å². The molecule has 4 aromatic rings. The maximum Gasteiger partial charge on any atom is 0.278 e. The minimum Gasteiger partial charge on any atom is -0.497 e. The zero-order chi connectivity index (χ0) is 23.9. The third kappa shape index (κ3) is 5.38. The molecule has 0 atom stereocenters. The first-order valence-corrected chi connectivity index (χ1v) is 11.1. The van der Waals surface area contributed by atoms with Crippen LogP contribution in [0.5, 0.6) is 11.5 Å². The van der Waals surface area contributed by atoms with Gasteiger partial charge in [0.25, 0.3) is 11.8 Å². The fourth-order valence-electron chi connectivity index (χ4n) is 3.07. The first-order chi connectivity index (χ1) is 16.6. The monoisotopic (exact) mass is 474 g/mol. The third-order valence-corrected chi connectivity index (χ3v) is 5.83. The van der Waals surface area contributed by atoms with Crippen LogP contribution in [0.2, 0.25) is 0 Å². The van der Waals surface area contributed by atoms with E-state index in [0.717, 1.165) is 17.1 Å². The molecule has 0 fully saturated rings. The van der Waals surface area contributed by atoms with E-state index in [1.54, 1.807) is 54.7 Å². The SMILES string of the molecule is COc1ccc(C(=O)N=c2sn(-c3ccc(OC)cc3)nc2C(=O)NCc2ccccc2)cc1.